The predicted molar refractivity (Wildman–Crippen MR) is 98.4 cm³/mol. The largest absolute Gasteiger partial charge is 0.423 e. The molecule has 0 saturated carbocycles. The second-order valence-corrected chi connectivity index (χ2v) is 6.28. The highest BCUT2D eigenvalue weighted by atomic mass is 19.1. The third-order valence-electron chi connectivity index (χ3n) is 3.96. The zero-order valence-corrected chi connectivity index (χ0v) is 14.6. The van der Waals surface area contributed by atoms with E-state index in [-0.39, 0.29) is 11.7 Å². The van der Waals surface area contributed by atoms with E-state index in [1.54, 1.807) is 24.3 Å². The number of rotatable bonds is 5. The molecule has 0 aliphatic carbocycles. The van der Waals surface area contributed by atoms with Crippen LogP contribution in [-0.2, 0) is 17.9 Å². The van der Waals surface area contributed by atoms with Gasteiger partial charge in [0.2, 0.25) is 5.91 Å². The Bertz CT molecular complexity index is 996. The van der Waals surface area contributed by atoms with E-state index >= 15 is 0 Å². The van der Waals surface area contributed by atoms with Gasteiger partial charge in [0.15, 0.2) is 0 Å². The molecule has 134 valence electrons. The van der Waals surface area contributed by atoms with Crippen molar-refractivity contribution in [2.75, 3.05) is 12.4 Å². The molecule has 1 amide bonds. The molecule has 1 N–H and O–H groups in total. The van der Waals surface area contributed by atoms with Crippen molar-refractivity contribution >= 4 is 22.6 Å². The van der Waals surface area contributed by atoms with Crippen LogP contribution in [0.2, 0.25) is 0 Å². The molecular weight excluding hydrogens is 335 g/mol. The summed E-state index contributed by atoms with van der Waals surface area (Å²) in [5.74, 6) is -0.458. The molecule has 3 aromatic rings. The van der Waals surface area contributed by atoms with Crippen LogP contribution in [0.5, 0.6) is 0 Å². The summed E-state index contributed by atoms with van der Waals surface area (Å²) in [6.45, 7) is 2.56. The van der Waals surface area contributed by atoms with Crippen molar-refractivity contribution in [1.29, 1.82) is 0 Å². The van der Waals surface area contributed by atoms with Crippen molar-refractivity contribution < 1.29 is 13.6 Å². The van der Waals surface area contributed by atoms with Crippen LogP contribution in [-0.4, -0.2) is 17.9 Å². The number of hydrogen-bond acceptors (Lipinski definition) is 4. The maximum Gasteiger partial charge on any atom is 0.336 e. The lowest BCUT2D eigenvalue weighted by molar-refractivity contribution is -0.114. The summed E-state index contributed by atoms with van der Waals surface area (Å²) in [7, 11) is 1.93. The second-order valence-electron chi connectivity index (χ2n) is 6.28. The lowest BCUT2D eigenvalue weighted by Crippen LogP contribution is -2.18. The number of nitrogens with one attached hydrogen (secondary N) is 1. The topological polar surface area (TPSA) is 62.6 Å². The maximum atomic E-state index is 13.0. The van der Waals surface area contributed by atoms with Crippen LogP contribution in [0, 0.1) is 5.82 Å². The van der Waals surface area contributed by atoms with E-state index < -0.39 is 5.63 Å². The number of benzene rings is 2. The van der Waals surface area contributed by atoms with Crippen LogP contribution in [0.25, 0.3) is 11.0 Å². The van der Waals surface area contributed by atoms with Gasteiger partial charge >= 0.3 is 5.63 Å². The number of anilines is 1. The average molecular weight is 354 g/mol. The van der Waals surface area contributed by atoms with Crippen LogP contribution >= 0.6 is 0 Å². The standard InChI is InChI=1S/C20H19FN2O3/c1-13(24)22-17-7-8-18-15(9-20(25)26-19(18)10-17)12-23(2)11-14-3-5-16(21)6-4-14/h3-10H,11-12H2,1-2H3,(H,22,24). The Kier molecular flexibility index (Phi) is 5.14. The molecular formula is C20H19FN2O3. The van der Waals surface area contributed by atoms with Gasteiger partial charge in [-0.3, -0.25) is 9.69 Å². The lowest BCUT2D eigenvalue weighted by Gasteiger charge is -2.18. The Hall–Kier alpha value is -2.99. The van der Waals surface area contributed by atoms with E-state index in [0.717, 1.165) is 16.5 Å². The molecule has 1 heterocycles. The van der Waals surface area contributed by atoms with Gasteiger partial charge in [-0.2, -0.15) is 0 Å². The Balaban J connectivity index is 1.85. The normalized spacial score (nSPS) is 11.1. The molecule has 26 heavy (non-hydrogen) atoms. The summed E-state index contributed by atoms with van der Waals surface area (Å²) in [6.07, 6.45) is 0. The number of carbonyl (C=O) groups excluding carboxylic acids is 1. The first-order valence-electron chi connectivity index (χ1n) is 8.18. The van der Waals surface area contributed by atoms with Gasteiger partial charge in [0, 0.05) is 43.2 Å². The minimum absolute atomic E-state index is 0.193. The first kappa shape index (κ1) is 17.8. The first-order chi connectivity index (χ1) is 12.4. The van der Waals surface area contributed by atoms with E-state index in [1.807, 2.05) is 18.0 Å². The second kappa shape index (κ2) is 7.49. The average Bonchev–Trinajstić information content (AvgIpc) is 2.56. The van der Waals surface area contributed by atoms with Crippen molar-refractivity contribution in [2.45, 2.75) is 20.0 Å². The Morgan fingerprint density at radius 1 is 1.12 bits per heavy atom. The zero-order chi connectivity index (χ0) is 18.7. The highest BCUT2D eigenvalue weighted by molar-refractivity contribution is 5.92. The number of hydrogen-bond donors (Lipinski definition) is 1. The predicted octanol–water partition coefficient (Wildman–Crippen LogP) is 3.52. The van der Waals surface area contributed by atoms with Crippen LogP contribution in [0.15, 0.2) is 57.7 Å². The van der Waals surface area contributed by atoms with Crippen molar-refractivity contribution in [1.82, 2.24) is 4.90 Å². The summed E-state index contributed by atoms with van der Waals surface area (Å²) >= 11 is 0. The van der Waals surface area contributed by atoms with E-state index in [2.05, 4.69) is 5.32 Å². The van der Waals surface area contributed by atoms with Gasteiger partial charge < -0.3 is 9.73 Å². The monoisotopic (exact) mass is 354 g/mol. The summed E-state index contributed by atoms with van der Waals surface area (Å²) < 4.78 is 18.3. The molecule has 3 rings (SSSR count). The fraction of sp³-hybridized carbons (Fsp3) is 0.200. The molecule has 1 aromatic heterocycles. The molecule has 0 spiro atoms. The van der Waals surface area contributed by atoms with Gasteiger partial charge in [-0.25, -0.2) is 9.18 Å². The summed E-state index contributed by atoms with van der Waals surface area (Å²) in [6, 6.07) is 13.0. The fourth-order valence-corrected chi connectivity index (χ4v) is 2.89. The first-order valence-corrected chi connectivity index (χ1v) is 8.18. The van der Waals surface area contributed by atoms with E-state index in [4.69, 9.17) is 4.42 Å². The van der Waals surface area contributed by atoms with Crippen molar-refractivity contribution in [2.24, 2.45) is 0 Å². The van der Waals surface area contributed by atoms with Gasteiger partial charge in [0.1, 0.15) is 11.4 Å². The molecule has 0 aliphatic heterocycles. The smallest absolute Gasteiger partial charge is 0.336 e. The Morgan fingerprint density at radius 3 is 2.54 bits per heavy atom. The molecule has 0 saturated heterocycles. The molecule has 0 atom stereocenters. The molecule has 0 fully saturated rings. The molecule has 0 aliphatic rings. The highest BCUT2D eigenvalue weighted by Gasteiger charge is 2.10. The minimum atomic E-state index is -0.442. The van der Waals surface area contributed by atoms with Crippen LogP contribution < -0.4 is 10.9 Å². The Labute approximate surface area is 150 Å². The molecule has 0 bridgehead atoms. The number of carbonyl (C=O) groups is 1. The number of fused-ring (bicyclic) bond motifs is 1. The molecule has 0 unspecified atom stereocenters. The van der Waals surface area contributed by atoms with Crippen molar-refractivity contribution in [3.63, 3.8) is 0 Å². The lowest BCUT2D eigenvalue weighted by atomic mass is 10.1. The molecule has 0 radical (unpaired) electrons. The van der Waals surface area contributed by atoms with Gasteiger partial charge in [-0.1, -0.05) is 12.1 Å². The molecule has 2 aromatic carbocycles. The number of nitrogens with zero attached hydrogens (tertiary/aromatic N) is 1. The third kappa shape index (κ3) is 4.34. The zero-order valence-electron chi connectivity index (χ0n) is 14.6. The summed E-state index contributed by atoms with van der Waals surface area (Å²) in [4.78, 5) is 25.1. The number of amides is 1. The van der Waals surface area contributed by atoms with Crippen molar-refractivity contribution in [3.8, 4) is 0 Å². The Morgan fingerprint density at radius 2 is 1.85 bits per heavy atom. The molecule has 5 nitrogen and oxygen atoms in total. The highest BCUT2D eigenvalue weighted by Crippen LogP contribution is 2.22. The summed E-state index contributed by atoms with van der Waals surface area (Å²) in [5, 5.41) is 3.48. The van der Waals surface area contributed by atoms with Gasteiger partial charge in [-0.05, 0) is 42.4 Å². The maximum absolute atomic E-state index is 13.0. The van der Waals surface area contributed by atoms with Gasteiger partial charge in [-0.15, -0.1) is 0 Å². The van der Waals surface area contributed by atoms with Crippen LogP contribution in [0.4, 0.5) is 10.1 Å². The van der Waals surface area contributed by atoms with Gasteiger partial charge in [0.05, 0.1) is 0 Å². The minimum Gasteiger partial charge on any atom is -0.423 e. The van der Waals surface area contributed by atoms with E-state index in [1.165, 1.54) is 25.1 Å². The molecule has 6 heteroatoms. The SMILES string of the molecule is CC(=O)Nc1ccc2c(CN(C)Cc3ccc(F)cc3)cc(=O)oc2c1. The fourth-order valence-electron chi connectivity index (χ4n) is 2.89. The number of halogens is 1. The van der Waals surface area contributed by atoms with E-state index in [9.17, 15) is 14.0 Å². The van der Waals surface area contributed by atoms with Crippen LogP contribution in [0.3, 0.4) is 0 Å². The van der Waals surface area contributed by atoms with E-state index in [0.29, 0.717) is 24.4 Å². The summed E-state index contributed by atoms with van der Waals surface area (Å²) in [5.41, 5.74) is 2.37. The quantitative estimate of drug-likeness (QED) is 0.712. The third-order valence-corrected chi connectivity index (χ3v) is 3.96. The van der Waals surface area contributed by atoms with Crippen molar-refractivity contribution in [3.05, 3.63) is 75.9 Å². The van der Waals surface area contributed by atoms with Gasteiger partial charge in [0.25, 0.3) is 0 Å². The van der Waals surface area contributed by atoms with Crippen LogP contribution in [0.1, 0.15) is 18.1 Å².